The lowest BCUT2D eigenvalue weighted by atomic mass is 10.3. The fraction of sp³-hybridized carbons (Fsp3) is 0.900. The van der Waals surface area contributed by atoms with Crippen molar-refractivity contribution in [1.29, 1.82) is 0 Å². The number of carbonyl (C=O) groups excluding carboxylic acids is 1. The van der Waals surface area contributed by atoms with E-state index in [0.717, 1.165) is 0 Å². The van der Waals surface area contributed by atoms with Gasteiger partial charge in [-0.15, -0.1) is 0 Å². The van der Waals surface area contributed by atoms with E-state index in [1.54, 1.807) is 0 Å². The lowest BCUT2D eigenvalue weighted by Crippen LogP contribution is -2.42. The van der Waals surface area contributed by atoms with Gasteiger partial charge >= 0.3 is 0 Å². The average molecular weight is 264 g/mol. The van der Waals surface area contributed by atoms with Gasteiger partial charge in [0.05, 0.1) is 19.0 Å². The number of hydrogen-bond donors (Lipinski definition) is 1. The van der Waals surface area contributed by atoms with Crippen molar-refractivity contribution in [3.63, 3.8) is 0 Å². The molecule has 1 heterocycles. The molecule has 0 bridgehead atoms. The highest BCUT2D eigenvalue weighted by molar-refractivity contribution is 7.89. The quantitative estimate of drug-likeness (QED) is 0.730. The van der Waals surface area contributed by atoms with Gasteiger partial charge in [0.2, 0.25) is 15.9 Å². The molecule has 0 spiro atoms. The second-order valence-corrected chi connectivity index (χ2v) is 6.39. The number of ether oxygens (including phenoxy) is 1. The Morgan fingerprint density at radius 1 is 1.35 bits per heavy atom. The highest BCUT2D eigenvalue weighted by atomic mass is 32.2. The lowest BCUT2D eigenvalue weighted by Gasteiger charge is -2.25. The summed E-state index contributed by atoms with van der Waals surface area (Å²) in [6, 6.07) is 0.0357. The molecule has 1 N–H and O–H groups in total. The molecule has 0 aromatic rings. The first-order chi connectivity index (χ1) is 7.92. The fourth-order valence-electron chi connectivity index (χ4n) is 1.57. The number of carbonyl (C=O) groups is 1. The average Bonchev–Trinajstić information content (AvgIpc) is 2.27. The number of morpholine rings is 1. The Labute approximate surface area is 102 Å². The van der Waals surface area contributed by atoms with Crippen LogP contribution in [-0.2, 0) is 19.6 Å². The van der Waals surface area contributed by atoms with Crippen molar-refractivity contribution in [1.82, 2.24) is 9.62 Å². The summed E-state index contributed by atoms with van der Waals surface area (Å²) in [6.07, 6.45) is 0.0118. The first kappa shape index (κ1) is 14.4. The van der Waals surface area contributed by atoms with Crippen LogP contribution in [0.5, 0.6) is 0 Å². The molecule has 0 unspecified atom stereocenters. The highest BCUT2D eigenvalue weighted by Gasteiger charge is 2.24. The van der Waals surface area contributed by atoms with E-state index in [1.807, 2.05) is 13.8 Å². The topological polar surface area (TPSA) is 75.7 Å². The van der Waals surface area contributed by atoms with Crippen LogP contribution in [0.4, 0.5) is 0 Å². The molecule has 0 saturated carbocycles. The zero-order chi connectivity index (χ0) is 12.9. The molecule has 0 aliphatic carbocycles. The fourth-order valence-corrected chi connectivity index (χ4v) is 2.98. The van der Waals surface area contributed by atoms with Gasteiger partial charge in [0.15, 0.2) is 0 Å². The second-order valence-electron chi connectivity index (χ2n) is 4.30. The maximum atomic E-state index is 11.9. The first-order valence-corrected chi connectivity index (χ1v) is 7.37. The van der Waals surface area contributed by atoms with E-state index in [4.69, 9.17) is 4.74 Å². The van der Waals surface area contributed by atoms with E-state index in [-0.39, 0.29) is 24.1 Å². The van der Waals surface area contributed by atoms with E-state index < -0.39 is 10.0 Å². The molecule has 0 radical (unpaired) electrons. The van der Waals surface area contributed by atoms with Gasteiger partial charge < -0.3 is 10.1 Å². The number of hydrogen-bond acceptors (Lipinski definition) is 4. The predicted molar refractivity (Wildman–Crippen MR) is 64.1 cm³/mol. The normalized spacial score (nSPS) is 18.3. The summed E-state index contributed by atoms with van der Waals surface area (Å²) < 4.78 is 30.2. The maximum absolute atomic E-state index is 11.9. The SMILES string of the molecule is CC(C)NC(=O)CCS(=O)(=O)N1CCOCC1. The number of nitrogens with zero attached hydrogens (tertiary/aromatic N) is 1. The third-order valence-corrected chi connectivity index (χ3v) is 4.27. The summed E-state index contributed by atoms with van der Waals surface area (Å²) >= 11 is 0. The Balaban J connectivity index is 2.41. The van der Waals surface area contributed by atoms with Crippen LogP contribution in [0.25, 0.3) is 0 Å². The predicted octanol–water partition coefficient (Wildman–Crippen LogP) is -0.437. The summed E-state index contributed by atoms with van der Waals surface area (Å²) in [4.78, 5) is 11.4. The molecule has 1 amide bonds. The zero-order valence-corrected chi connectivity index (χ0v) is 11.1. The van der Waals surface area contributed by atoms with Gasteiger partial charge in [0.1, 0.15) is 0 Å². The minimum atomic E-state index is -3.32. The lowest BCUT2D eigenvalue weighted by molar-refractivity contribution is -0.121. The molecule has 17 heavy (non-hydrogen) atoms. The first-order valence-electron chi connectivity index (χ1n) is 5.77. The summed E-state index contributed by atoms with van der Waals surface area (Å²) in [7, 11) is -3.32. The standard InChI is InChI=1S/C10H20N2O4S/c1-9(2)11-10(13)3-8-17(14,15)12-4-6-16-7-5-12/h9H,3-8H2,1-2H3,(H,11,13). The van der Waals surface area contributed by atoms with Crippen molar-refractivity contribution in [3.8, 4) is 0 Å². The summed E-state index contributed by atoms with van der Waals surface area (Å²) in [6.45, 7) is 5.31. The van der Waals surface area contributed by atoms with Crippen LogP contribution in [0, 0.1) is 0 Å². The number of sulfonamides is 1. The Hall–Kier alpha value is -0.660. The van der Waals surface area contributed by atoms with Crippen LogP contribution >= 0.6 is 0 Å². The summed E-state index contributed by atoms with van der Waals surface area (Å²) in [5, 5.41) is 2.67. The van der Waals surface area contributed by atoms with Crippen LogP contribution in [0.15, 0.2) is 0 Å². The Morgan fingerprint density at radius 3 is 2.47 bits per heavy atom. The molecule has 6 nitrogen and oxygen atoms in total. The van der Waals surface area contributed by atoms with E-state index in [0.29, 0.717) is 26.3 Å². The van der Waals surface area contributed by atoms with Crippen molar-refractivity contribution in [2.24, 2.45) is 0 Å². The second kappa shape index (κ2) is 6.32. The molecule has 1 aliphatic rings. The molecule has 1 aliphatic heterocycles. The third-order valence-electron chi connectivity index (χ3n) is 2.40. The summed E-state index contributed by atoms with van der Waals surface area (Å²) in [5.74, 6) is -0.359. The number of rotatable bonds is 5. The molecule has 1 rings (SSSR count). The van der Waals surface area contributed by atoms with Crippen LogP contribution in [0.2, 0.25) is 0 Å². The van der Waals surface area contributed by atoms with Crippen molar-refractivity contribution < 1.29 is 17.9 Å². The monoisotopic (exact) mass is 264 g/mol. The van der Waals surface area contributed by atoms with Crippen molar-refractivity contribution >= 4 is 15.9 Å². The van der Waals surface area contributed by atoms with E-state index in [2.05, 4.69) is 5.32 Å². The van der Waals surface area contributed by atoms with Crippen molar-refractivity contribution in [3.05, 3.63) is 0 Å². The molecular formula is C10H20N2O4S. The van der Waals surface area contributed by atoms with Crippen molar-refractivity contribution in [2.75, 3.05) is 32.1 Å². The molecule has 1 saturated heterocycles. The third kappa shape index (κ3) is 5.01. The van der Waals surface area contributed by atoms with Gasteiger partial charge in [0.25, 0.3) is 0 Å². The molecule has 0 aromatic carbocycles. The van der Waals surface area contributed by atoms with E-state index in [1.165, 1.54) is 4.31 Å². The Kier molecular flexibility index (Phi) is 5.35. The van der Waals surface area contributed by atoms with Gasteiger partial charge in [-0.05, 0) is 13.8 Å². The van der Waals surface area contributed by atoms with Crippen LogP contribution in [0.1, 0.15) is 20.3 Å². The Morgan fingerprint density at radius 2 is 1.94 bits per heavy atom. The summed E-state index contributed by atoms with van der Waals surface area (Å²) in [5.41, 5.74) is 0. The van der Waals surface area contributed by atoms with Gasteiger partial charge in [-0.2, -0.15) is 4.31 Å². The molecule has 100 valence electrons. The van der Waals surface area contributed by atoms with Gasteiger partial charge in [-0.3, -0.25) is 4.79 Å². The highest BCUT2D eigenvalue weighted by Crippen LogP contribution is 2.06. The molecule has 1 fully saturated rings. The molecule has 7 heteroatoms. The minimum Gasteiger partial charge on any atom is -0.379 e. The van der Waals surface area contributed by atoms with Crippen LogP contribution in [-0.4, -0.2) is 56.7 Å². The smallest absolute Gasteiger partial charge is 0.221 e. The number of nitrogens with one attached hydrogen (secondary N) is 1. The molecule has 0 atom stereocenters. The van der Waals surface area contributed by atoms with Crippen LogP contribution < -0.4 is 5.32 Å². The maximum Gasteiger partial charge on any atom is 0.221 e. The molecule has 0 aromatic heterocycles. The van der Waals surface area contributed by atoms with Gasteiger partial charge in [-0.1, -0.05) is 0 Å². The van der Waals surface area contributed by atoms with Gasteiger partial charge in [-0.25, -0.2) is 8.42 Å². The zero-order valence-electron chi connectivity index (χ0n) is 10.3. The van der Waals surface area contributed by atoms with Gasteiger partial charge in [0, 0.05) is 25.6 Å². The van der Waals surface area contributed by atoms with E-state index in [9.17, 15) is 13.2 Å². The van der Waals surface area contributed by atoms with Crippen molar-refractivity contribution in [2.45, 2.75) is 26.3 Å². The van der Waals surface area contributed by atoms with Crippen LogP contribution in [0.3, 0.4) is 0 Å². The Bertz CT molecular complexity index is 347. The molecular weight excluding hydrogens is 244 g/mol. The van der Waals surface area contributed by atoms with E-state index >= 15 is 0 Å². The largest absolute Gasteiger partial charge is 0.379 e. The number of amides is 1. The minimum absolute atomic E-state index is 0.0118.